The Labute approximate surface area is 278 Å². The van der Waals surface area contributed by atoms with Crippen molar-refractivity contribution in [2.24, 2.45) is 5.92 Å². The molecule has 2 heterocycles. The van der Waals surface area contributed by atoms with Gasteiger partial charge < -0.3 is 29.5 Å². The quantitative estimate of drug-likeness (QED) is 0.299. The highest BCUT2D eigenvalue weighted by molar-refractivity contribution is 5.91. The van der Waals surface area contributed by atoms with Crippen LogP contribution in [0, 0.1) is 5.92 Å². The Morgan fingerprint density at radius 2 is 1.79 bits per heavy atom. The van der Waals surface area contributed by atoms with Crippen molar-refractivity contribution in [2.75, 3.05) is 64.9 Å². The van der Waals surface area contributed by atoms with E-state index in [1.807, 2.05) is 67.6 Å². The third-order valence-electron chi connectivity index (χ3n) is 8.81. The number of hydrogen-bond donors (Lipinski definition) is 2. The molecule has 47 heavy (non-hydrogen) atoms. The maximum atomic E-state index is 13.6. The number of carbonyl (C=O) groups is 2. The number of para-hydroxylation sites is 1. The van der Waals surface area contributed by atoms with Crippen molar-refractivity contribution in [3.05, 3.63) is 83.9 Å². The molecule has 0 bridgehead atoms. The number of nitrogens with zero attached hydrogens (tertiary/aromatic N) is 3. The summed E-state index contributed by atoms with van der Waals surface area (Å²) >= 11 is 0. The first-order chi connectivity index (χ1) is 22.8. The van der Waals surface area contributed by atoms with Crippen molar-refractivity contribution in [3.8, 4) is 17.2 Å². The third-order valence-corrected chi connectivity index (χ3v) is 8.81. The topological polar surface area (TPSA) is 104 Å². The molecule has 2 aliphatic rings. The first-order valence-electron chi connectivity index (χ1n) is 16.6. The molecule has 10 heteroatoms. The monoisotopic (exact) mass is 644 g/mol. The lowest BCUT2D eigenvalue weighted by Crippen LogP contribution is -2.47. The molecule has 2 N–H and O–H groups in total. The predicted molar refractivity (Wildman–Crippen MR) is 182 cm³/mol. The van der Waals surface area contributed by atoms with Crippen LogP contribution in [0.2, 0.25) is 0 Å². The summed E-state index contributed by atoms with van der Waals surface area (Å²) in [7, 11) is 2.06. The second-order valence-electron chi connectivity index (χ2n) is 12.7. The van der Waals surface area contributed by atoms with Crippen molar-refractivity contribution in [2.45, 2.75) is 45.4 Å². The number of amides is 2. The van der Waals surface area contributed by atoms with Crippen molar-refractivity contribution in [1.82, 2.24) is 14.7 Å². The molecule has 0 radical (unpaired) electrons. The summed E-state index contributed by atoms with van der Waals surface area (Å²) in [5, 5.41) is 13.0. The second kappa shape index (κ2) is 16.7. The molecule has 3 aromatic carbocycles. The van der Waals surface area contributed by atoms with Gasteiger partial charge in [0.15, 0.2) is 0 Å². The highest BCUT2D eigenvalue weighted by Crippen LogP contribution is 2.30. The SMILES string of the molecule is C[C@H](CO)N1C[C@H](C)[C@H](CN(C)Cc2ccc(Oc3ccccc3)cc2)Oc2ccc(NC(=O)CCN3CCOCC3)cc2CC1=O. The van der Waals surface area contributed by atoms with Gasteiger partial charge in [-0.3, -0.25) is 19.4 Å². The lowest BCUT2D eigenvalue weighted by Gasteiger charge is -2.34. The van der Waals surface area contributed by atoms with Gasteiger partial charge in [0.05, 0.1) is 32.3 Å². The van der Waals surface area contributed by atoms with Gasteiger partial charge in [0.2, 0.25) is 11.8 Å². The molecule has 5 rings (SSSR count). The Balaban J connectivity index is 1.27. The van der Waals surface area contributed by atoms with Crippen molar-refractivity contribution >= 4 is 17.5 Å². The summed E-state index contributed by atoms with van der Waals surface area (Å²) in [6.45, 7) is 9.35. The number of hydrogen-bond acceptors (Lipinski definition) is 8. The molecule has 0 saturated carbocycles. The Hall–Kier alpha value is -3.96. The van der Waals surface area contributed by atoms with Crippen LogP contribution in [0.3, 0.4) is 0 Å². The summed E-state index contributed by atoms with van der Waals surface area (Å²) in [6.07, 6.45) is 0.264. The molecule has 0 spiro atoms. The predicted octanol–water partition coefficient (Wildman–Crippen LogP) is 4.42. The molecule has 1 fully saturated rings. The van der Waals surface area contributed by atoms with Crippen LogP contribution in [0.1, 0.15) is 31.4 Å². The minimum Gasteiger partial charge on any atom is -0.488 e. The third kappa shape index (κ3) is 10.0. The van der Waals surface area contributed by atoms with E-state index in [1.165, 1.54) is 0 Å². The zero-order valence-electron chi connectivity index (χ0n) is 27.8. The normalized spacial score (nSPS) is 19.6. The van der Waals surface area contributed by atoms with Gasteiger partial charge in [-0.25, -0.2) is 0 Å². The van der Waals surface area contributed by atoms with Crippen LogP contribution in [-0.2, 0) is 27.3 Å². The van der Waals surface area contributed by atoms with Crippen LogP contribution >= 0.6 is 0 Å². The molecule has 1 saturated heterocycles. The average molecular weight is 645 g/mol. The molecule has 0 unspecified atom stereocenters. The zero-order valence-corrected chi connectivity index (χ0v) is 27.8. The van der Waals surface area contributed by atoms with Gasteiger partial charge in [-0.1, -0.05) is 37.3 Å². The van der Waals surface area contributed by atoms with Crippen LogP contribution in [0.15, 0.2) is 72.8 Å². The van der Waals surface area contributed by atoms with Gasteiger partial charge in [0.1, 0.15) is 23.4 Å². The Bertz CT molecular complexity index is 1450. The van der Waals surface area contributed by atoms with Gasteiger partial charge in [-0.2, -0.15) is 0 Å². The Morgan fingerprint density at radius 3 is 2.51 bits per heavy atom. The standard InChI is InChI=1S/C37H48N4O6/c1-27-23-41(28(2)26-42)37(44)22-30-21-31(38-36(43)15-16-40-17-19-45-20-18-40)11-14-34(30)47-35(27)25-39(3)24-29-9-12-33(13-10-29)46-32-7-5-4-6-8-32/h4-14,21,27-28,35,42H,15-20,22-26H2,1-3H3,(H,38,43)/t27-,28+,35-/m0/s1. The van der Waals surface area contributed by atoms with Crippen LogP contribution < -0.4 is 14.8 Å². The largest absolute Gasteiger partial charge is 0.488 e. The summed E-state index contributed by atoms with van der Waals surface area (Å²) in [5.74, 6) is 2.05. The van der Waals surface area contributed by atoms with E-state index in [2.05, 4.69) is 41.2 Å². The first-order valence-corrected chi connectivity index (χ1v) is 16.6. The fourth-order valence-corrected chi connectivity index (χ4v) is 6.00. The lowest BCUT2D eigenvalue weighted by molar-refractivity contribution is -0.134. The maximum Gasteiger partial charge on any atom is 0.227 e. The number of morpholine rings is 1. The van der Waals surface area contributed by atoms with Gasteiger partial charge in [0.25, 0.3) is 0 Å². The number of aliphatic hydroxyl groups excluding tert-OH is 1. The first kappa shape index (κ1) is 34.4. The molecule has 2 aliphatic heterocycles. The zero-order chi connectivity index (χ0) is 33.2. The molecular weight excluding hydrogens is 596 g/mol. The van der Waals surface area contributed by atoms with Crippen LogP contribution in [-0.4, -0.2) is 103 Å². The molecular formula is C37H48N4O6. The van der Waals surface area contributed by atoms with Gasteiger partial charge in [0, 0.05) is 62.9 Å². The minimum atomic E-state index is -0.329. The van der Waals surface area contributed by atoms with E-state index < -0.39 is 0 Å². The second-order valence-corrected chi connectivity index (χ2v) is 12.7. The Morgan fingerprint density at radius 1 is 1.06 bits per heavy atom. The van der Waals surface area contributed by atoms with E-state index in [1.54, 1.807) is 4.90 Å². The number of benzene rings is 3. The number of rotatable bonds is 12. The summed E-state index contributed by atoms with van der Waals surface area (Å²) in [4.78, 5) is 32.6. The van der Waals surface area contributed by atoms with E-state index in [4.69, 9.17) is 14.2 Å². The minimum absolute atomic E-state index is 0.0115. The molecule has 3 aromatic rings. The number of fused-ring (bicyclic) bond motifs is 1. The van der Waals surface area contributed by atoms with Gasteiger partial charge in [-0.05, 0) is 62.0 Å². The van der Waals surface area contributed by atoms with Crippen LogP contribution in [0.5, 0.6) is 17.2 Å². The van der Waals surface area contributed by atoms with Crippen LogP contribution in [0.25, 0.3) is 0 Å². The maximum absolute atomic E-state index is 13.6. The Kier molecular flexibility index (Phi) is 12.2. The number of anilines is 1. The van der Waals surface area contributed by atoms with Crippen molar-refractivity contribution in [1.29, 1.82) is 0 Å². The fraction of sp³-hybridized carbons (Fsp3) is 0.459. The number of nitrogens with one attached hydrogen (secondary N) is 1. The van der Waals surface area contributed by atoms with Crippen molar-refractivity contribution < 1.29 is 28.9 Å². The molecule has 2 amide bonds. The molecule has 252 valence electrons. The number of carbonyl (C=O) groups excluding carboxylic acids is 2. The van der Waals surface area contributed by atoms with Gasteiger partial charge >= 0.3 is 0 Å². The van der Waals surface area contributed by atoms with Gasteiger partial charge in [-0.15, -0.1) is 0 Å². The summed E-state index contributed by atoms with van der Waals surface area (Å²) in [6, 6.07) is 23.0. The lowest BCUT2D eigenvalue weighted by atomic mass is 10.0. The summed E-state index contributed by atoms with van der Waals surface area (Å²) in [5.41, 5.74) is 2.49. The van der Waals surface area contributed by atoms with E-state index in [-0.39, 0.29) is 42.9 Å². The average Bonchev–Trinajstić information content (AvgIpc) is 3.12. The number of aliphatic hydroxyl groups is 1. The molecule has 0 aliphatic carbocycles. The fourth-order valence-electron chi connectivity index (χ4n) is 6.00. The van der Waals surface area contributed by atoms with E-state index >= 15 is 0 Å². The molecule has 10 nitrogen and oxygen atoms in total. The molecule has 0 aromatic heterocycles. The van der Waals surface area contributed by atoms with Crippen LogP contribution in [0.4, 0.5) is 5.69 Å². The number of ether oxygens (including phenoxy) is 3. The van der Waals surface area contributed by atoms with E-state index in [0.29, 0.717) is 62.8 Å². The highest BCUT2D eigenvalue weighted by Gasteiger charge is 2.31. The molecule has 3 atom stereocenters. The number of likely N-dealkylation sites (N-methyl/N-ethyl adjacent to an activating group) is 1. The highest BCUT2D eigenvalue weighted by atomic mass is 16.5. The van der Waals surface area contributed by atoms with E-state index in [9.17, 15) is 14.7 Å². The smallest absolute Gasteiger partial charge is 0.227 e. The van der Waals surface area contributed by atoms with E-state index in [0.717, 1.165) is 30.2 Å². The summed E-state index contributed by atoms with van der Waals surface area (Å²) < 4.78 is 18.0. The van der Waals surface area contributed by atoms with Crippen molar-refractivity contribution in [3.63, 3.8) is 0 Å².